The molecular formula is C11H15BrO2S. The van der Waals surface area contributed by atoms with Crippen molar-refractivity contribution in [2.24, 2.45) is 0 Å². The van der Waals surface area contributed by atoms with Crippen LogP contribution in [0, 0.1) is 6.92 Å². The first-order chi connectivity index (χ1) is 6.87. The summed E-state index contributed by atoms with van der Waals surface area (Å²) in [4.78, 5) is -0.00444. The lowest BCUT2D eigenvalue weighted by Crippen LogP contribution is -2.16. The van der Waals surface area contributed by atoms with Gasteiger partial charge in [-0.15, -0.1) is 0 Å². The second kappa shape index (κ2) is 5.12. The predicted octanol–water partition coefficient (Wildman–Crippen LogP) is 2.35. The summed E-state index contributed by atoms with van der Waals surface area (Å²) in [7, 11) is -2.90. The van der Waals surface area contributed by atoms with Crippen molar-refractivity contribution in [2.45, 2.75) is 18.2 Å². The smallest absolute Gasteiger partial charge is 0.148 e. The highest BCUT2D eigenvalue weighted by Gasteiger charge is 2.12. The fourth-order valence-corrected chi connectivity index (χ4v) is 3.96. The molecule has 84 valence electrons. The van der Waals surface area contributed by atoms with E-state index in [-0.39, 0.29) is 10.6 Å². The Kier molecular flexibility index (Phi) is 4.34. The Bertz CT molecular complexity index is 409. The summed E-state index contributed by atoms with van der Waals surface area (Å²) in [6.45, 7) is 2.03. The van der Waals surface area contributed by atoms with Gasteiger partial charge in [0.1, 0.15) is 9.84 Å². The van der Waals surface area contributed by atoms with Crippen molar-refractivity contribution in [3.8, 4) is 0 Å². The van der Waals surface area contributed by atoms with E-state index in [0.717, 1.165) is 12.0 Å². The van der Waals surface area contributed by atoms with Crippen molar-refractivity contribution in [3.05, 3.63) is 35.4 Å². The minimum Gasteiger partial charge on any atom is -0.229 e. The molecule has 1 rings (SSSR count). The van der Waals surface area contributed by atoms with Crippen molar-refractivity contribution in [2.75, 3.05) is 12.0 Å². The average Bonchev–Trinajstić information content (AvgIpc) is 2.05. The maximum atomic E-state index is 11.1. The van der Waals surface area contributed by atoms with Gasteiger partial charge in [-0.25, -0.2) is 8.42 Å². The Balaban J connectivity index is 2.59. The van der Waals surface area contributed by atoms with Gasteiger partial charge in [-0.3, -0.25) is 0 Å². The normalized spacial score (nSPS) is 13.8. The number of hydrogen-bond acceptors (Lipinski definition) is 2. The van der Waals surface area contributed by atoms with E-state index in [2.05, 4.69) is 15.9 Å². The molecule has 0 aliphatic rings. The number of rotatable bonds is 4. The summed E-state index contributed by atoms with van der Waals surface area (Å²) in [5, 5.41) is 0. The van der Waals surface area contributed by atoms with Crippen molar-refractivity contribution in [1.82, 2.24) is 0 Å². The summed E-state index contributed by atoms with van der Waals surface area (Å²) < 4.78 is 22.1. The van der Waals surface area contributed by atoms with Gasteiger partial charge < -0.3 is 0 Å². The van der Waals surface area contributed by atoms with Crippen molar-refractivity contribution in [3.63, 3.8) is 0 Å². The van der Waals surface area contributed by atoms with E-state index in [0.29, 0.717) is 0 Å². The minimum absolute atomic E-state index is 0.00444. The average molecular weight is 291 g/mol. The topological polar surface area (TPSA) is 34.1 Å². The van der Waals surface area contributed by atoms with Crippen LogP contribution in [0.4, 0.5) is 0 Å². The maximum absolute atomic E-state index is 11.1. The van der Waals surface area contributed by atoms with E-state index in [1.54, 1.807) is 0 Å². The molecule has 0 bridgehead atoms. The molecule has 15 heavy (non-hydrogen) atoms. The van der Waals surface area contributed by atoms with Crippen molar-refractivity contribution < 1.29 is 8.42 Å². The molecule has 1 atom stereocenters. The molecule has 0 fully saturated rings. The molecule has 0 aliphatic carbocycles. The van der Waals surface area contributed by atoms with E-state index < -0.39 is 9.84 Å². The largest absolute Gasteiger partial charge is 0.229 e. The van der Waals surface area contributed by atoms with Gasteiger partial charge in [-0.1, -0.05) is 45.8 Å². The molecule has 0 aromatic heterocycles. The lowest BCUT2D eigenvalue weighted by molar-refractivity contribution is 0.600. The van der Waals surface area contributed by atoms with Gasteiger partial charge in [0.2, 0.25) is 0 Å². The van der Waals surface area contributed by atoms with Gasteiger partial charge in [0.25, 0.3) is 0 Å². The molecule has 4 heteroatoms. The monoisotopic (exact) mass is 290 g/mol. The Labute approximate surface area is 99.7 Å². The third-order valence-electron chi connectivity index (χ3n) is 2.06. The van der Waals surface area contributed by atoms with Gasteiger partial charge >= 0.3 is 0 Å². The zero-order valence-electron chi connectivity index (χ0n) is 8.90. The number of halogens is 1. The van der Waals surface area contributed by atoms with Crippen molar-refractivity contribution >= 4 is 25.8 Å². The lowest BCUT2D eigenvalue weighted by atomic mass is 10.1. The van der Waals surface area contributed by atoms with E-state index in [1.165, 1.54) is 11.8 Å². The van der Waals surface area contributed by atoms with E-state index >= 15 is 0 Å². The number of hydrogen-bond donors (Lipinski definition) is 0. The van der Waals surface area contributed by atoms with Crippen LogP contribution in [-0.2, 0) is 16.3 Å². The molecule has 0 amide bonds. The van der Waals surface area contributed by atoms with Gasteiger partial charge in [-0.05, 0) is 18.9 Å². The van der Waals surface area contributed by atoms with Crippen LogP contribution in [0.15, 0.2) is 24.3 Å². The fraction of sp³-hybridized carbons (Fsp3) is 0.455. The summed E-state index contributed by atoms with van der Waals surface area (Å²) >= 11 is 3.39. The standard InChI is InChI=1S/C11H15BrO2S/c1-9-3-5-10(6-4-9)7-11(12)8-15(2,13)14/h3-6,11H,7-8H2,1-2H3. The molecular weight excluding hydrogens is 276 g/mol. The van der Waals surface area contributed by atoms with Crippen LogP contribution in [-0.4, -0.2) is 25.3 Å². The Morgan fingerprint density at radius 1 is 1.27 bits per heavy atom. The van der Waals surface area contributed by atoms with E-state index in [4.69, 9.17) is 0 Å². The summed E-state index contributed by atoms with van der Waals surface area (Å²) in [6, 6.07) is 8.14. The van der Waals surface area contributed by atoms with Crippen molar-refractivity contribution in [1.29, 1.82) is 0 Å². The first-order valence-electron chi connectivity index (χ1n) is 4.74. The minimum atomic E-state index is -2.90. The zero-order chi connectivity index (χ0) is 11.5. The quantitative estimate of drug-likeness (QED) is 0.798. The van der Waals surface area contributed by atoms with Crippen LogP contribution in [0.1, 0.15) is 11.1 Å². The molecule has 0 saturated heterocycles. The molecule has 1 unspecified atom stereocenters. The summed E-state index contributed by atoms with van der Waals surface area (Å²) in [5.41, 5.74) is 2.37. The number of aryl methyl sites for hydroxylation is 1. The number of sulfone groups is 1. The van der Waals surface area contributed by atoms with Gasteiger partial charge in [0.05, 0.1) is 5.75 Å². The SMILES string of the molecule is Cc1ccc(CC(Br)CS(C)(=O)=O)cc1. The third kappa shape index (κ3) is 5.33. The second-order valence-corrected chi connectivity index (χ2v) is 7.36. The highest BCUT2D eigenvalue weighted by molar-refractivity contribution is 9.09. The van der Waals surface area contributed by atoms with Crippen LogP contribution in [0.3, 0.4) is 0 Å². The molecule has 0 heterocycles. The van der Waals surface area contributed by atoms with Crippen LogP contribution < -0.4 is 0 Å². The Hall–Kier alpha value is -0.350. The van der Waals surface area contributed by atoms with Gasteiger partial charge in [0.15, 0.2) is 0 Å². The Morgan fingerprint density at radius 3 is 2.27 bits per heavy atom. The molecule has 0 spiro atoms. The third-order valence-corrected chi connectivity index (χ3v) is 4.15. The van der Waals surface area contributed by atoms with Crippen LogP contribution in [0.2, 0.25) is 0 Å². The molecule has 0 radical (unpaired) electrons. The van der Waals surface area contributed by atoms with E-state index in [1.807, 2.05) is 31.2 Å². The predicted molar refractivity (Wildman–Crippen MR) is 67.3 cm³/mol. The van der Waals surface area contributed by atoms with Crippen LogP contribution in [0.25, 0.3) is 0 Å². The summed E-state index contributed by atoms with van der Waals surface area (Å²) in [6.07, 6.45) is 2.00. The first kappa shape index (κ1) is 12.7. The fourth-order valence-electron chi connectivity index (χ4n) is 1.37. The highest BCUT2D eigenvalue weighted by atomic mass is 79.9. The molecule has 0 N–H and O–H groups in total. The maximum Gasteiger partial charge on any atom is 0.148 e. The highest BCUT2D eigenvalue weighted by Crippen LogP contribution is 2.12. The first-order valence-corrected chi connectivity index (χ1v) is 7.72. The number of benzene rings is 1. The Morgan fingerprint density at radius 2 is 1.80 bits per heavy atom. The second-order valence-electron chi connectivity index (χ2n) is 3.88. The summed E-state index contributed by atoms with van der Waals surface area (Å²) in [5.74, 6) is 0.181. The molecule has 1 aromatic rings. The molecule has 0 aliphatic heterocycles. The van der Waals surface area contributed by atoms with Gasteiger partial charge in [-0.2, -0.15) is 0 Å². The number of alkyl halides is 1. The van der Waals surface area contributed by atoms with E-state index in [9.17, 15) is 8.42 Å². The molecule has 0 saturated carbocycles. The van der Waals surface area contributed by atoms with Crippen LogP contribution >= 0.6 is 15.9 Å². The van der Waals surface area contributed by atoms with Gasteiger partial charge in [0, 0.05) is 11.1 Å². The molecule has 1 aromatic carbocycles. The zero-order valence-corrected chi connectivity index (χ0v) is 11.3. The lowest BCUT2D eigenvalue weighted by Gasteiger charge is -2.08. The molecule has 2 nitrogen and oxygen atoms in total. The van der Waals surface area contributed by atoms with Crippen LogP contribution in [0.5, 0.6) is 0 Å².